The Morgan fingerprint density at radius 3 is 1.96 bits per heavy atom. The zero-order valence-electron chi connectivity index (χ0n) is 31.3. The number of para-hydroxylation sites is 2. The van der Waals surface area contributed by atoms with E-state index < -0.39 is 0 Å². The van der Waals surface area contributed by atoms with Crippen molar-refractivity contribution in [3.8, 4) is 33.8 Å². The molecule has 0 unspecified atom stereocenters. The zero-order chi connectivity index (χ0) is 37.4. The quantitative estimate of drug-likeness (QED) is 0.176. The number of benzene rings is 9. The number of ether oxygens (including phenoxy) is 1. The van der Waals surface area contributed by atoms with E-state index in [0.717, 1.165) is 39.9 Å². The molecule has 0 saturated carbocycles. The minimum atomic E-state index is -0.367. The summed E-state index contributed by atoms with van der Waals surface area (Å²) in [4.78, 5) is 4.81. The van der Waals surface area contributed by atoms with E-state index in [9.17, 15) is 0 Å². The molecule has 0 fully saturated rings. The SMILES string of the molecule is CC1(C)c2cc(-c3cccc4ccccc34)ccc2N2c3ccccc3Oc3cc(N(c4ccc(-c5ccccc5)cc4)c4ccc5ccccc5c4)cc1c32. The lowest BCUT2D eigenvalue weighted by molar-refractivity contribution is 0.471. The topological polar surface area (TPSA) is 15.7 Å². The second-order valence-electron chi connectivity index (χ2n) is 15.4. The molecule has 3 nitrogen and oxygen atoms in total. The number of rotatable bonds is 5. The molecule has 0 amide bonds. The van der Waals surface area contributed by atoms with Crippen molar-refractivity contribution in [2.75, 3.05) is 9.80 Å². The van der Waals surface area contributed by atoms with E-state index in [4.69, 9.17) is 4.74 Å². The Morgan fingerprint density at radius 2 is 1.11 bits per heavy atom. The normalized spacial score (nSPS) is 13.4. The number of nitrogens with zero attached hydrogens (tertiary/aromatic N) is 2. The van der Waals surface area contributed by atoms with Crippen LogP contribution < -0.4 is 14.5 Å². The van der Waals surface area contributed by atoms with E-state index in [-0.39, 0.29) is 5.41 Å². The van der Waals surface area contributed by atoms with Crippen LogP contribution >= 0.6 is 0 Å². The highest BCUT2D eigenvalue weighted by atomic mass is 16.5. The van der Waals surface area contributed by atoms with Crippen LogP contribution in [0.2, 0.25) is 0 Å². The average molecular weight is 719 g/mol. The maximum atomic E-state index is 6.92. The van der Waals surface area contributed by atoms with Crippen LogP contribution in [-0.2, 0) is 5.41 Å². The first-order chi connectivity index (χ1) is 27.5. The van der Waals surface area contributed by atoms with Crippen molar-refractivity contribution in [2.24, 2.45) is 0 Å². The van der Waals surface area contributed by atoms with Gasteiger partial charge in [0.15, 0.2) is 11.5 Å². The van der Waals surface area contributed by atoms with Crippen molar-refractivity contribution in [1.29, 1.82) is 0 Å². The number of hydrogen-bond donors (Lipinski definition) is 0. The zero-order valence-corrected chi connectivity index (χ0v) is 31.3. The number of fused-ring (bicyclic) bond motifs is 6. The minimum Gasteiger partial charge on any atom is -0.453 e. The molecular weight excluding hydrogens is 681 g/mol. The summed E-state index contributed by atoms with van der Waals surface area (Å²) in [5.41, 5.74) is 13.5. The van der Waals surface area contributed by atoms with Gasteiger partial charge in [0.05, 0.1) is 22.7 Å². The monoisotopic (exact) mass is 718 g/mol. The van der Waals surface area contributed by atoms with E-state index in [2.05, 4.69) is 218 Å². The lowest BCUT2D eigenvalue weighted by atomic mass is 9.72. The highest BCUT2D eigenvalue weighted by Gasteiger charge is 2.42. The van der Waals surface area contributed by atoms with Crippen LogP contribution in [0.5, 0.6) is 11.5 Å². The molecule has 0 saturated heterocycles. The van der Waals surface area contributed by atoms with Gasteiger partial charge in [-0.05, 0) is 110 Å². The molecule has 0 radical (unpaired) electrons. The van der Waals surface area contributed by atoms with Gasteiger partial charge in [0, 0.05) is 22.9 Å². The molecule has 9 aromatic carbocycles. The van der Waals surface area contributed by atoms with Gasteiger partial charge < -0.3 is 14.5 Å². The first-order valence-electron chi connectivity index (χ1n) is 19.3. The maximum absolute atomic E-state index is 6.92. The van der Waals surface area contributed by atoms with Crippen LogP contribution in [0, 0.1) is 0 Å². The first-order valence-corrected chi connectivity index (χ1v) is 19.3. The van der Waals surface area contributed by atoms with Crippen molar-refractivity contribution in [2.45, 2.75) is 19.3 Å². The van der Waals surface area contributed by atoms with Gasteiger partial charge in [-0.15, -0.1) is 0 Å². The standard InChI is InChI=1S/C53H38N2O/c1-53(2)46-32-40(45-20-12-18-38-16-8-9-19-44(38)45)26-30-48(46)55-49-21-10-11-22-50(49)56-51-34-43(33-47(53)52(51)55)54(42-29-25-36-15-6-7-17-39(36)31-42)41-27-23-37(24-28-41)35-13-4-3-5-14-35/h3-34H,1-2H3. The Hall–Kier alpha value is -7.10. The summed E-state index contributed by atoms with van der Waals surface area (Å²) >= 11 is 0. The fourth-order valence-corrected chi connectivity index (χ4v) is 8.94. The average Bonchev–Trinajstić information content (AvgIpc) is 3.25. The Balaban J connectivity index is 1.13. The number of hydrogen-bond acceptors (Lipinski definition) is 3. The minimum absolute atomic E-state index is 0.367. The van der Waals surface area contributed by atoms with Gasteiger partial charge >= 0.3 is 0 Å². The Labute approximate surface area is 327 Å². The second-order valence-corrected chi connectivity index (χ2v) is 15.4. The molecule has 9 aromatic rings. The maximum Gasteiger partial charge on any atom is 0.153 e. The summed E-state index contributed by atoms with van der Waals surface area (Å²) in [6.45, 7) is 4.73. The van der Waals surface area contributed by atoms with E-state index in [1.807, 2.05) is 0 Å². The van der Waals surface area contributed by atoms with Gasteiger partial charge in [0.25, 0.3) is 0 Å². The Morgan fingerprint density at radius 1 is 0.429 bits per heavy atom. The fraction of sp³-hybridized carbons (Fsp3) is 0.0566. The summed E-state index contributed by atoms with van der Waals surface area (Å²) < 4.78 is 6.92. The van der Waals surface area contributed by atoms with E-state index in [1.165, 1.54) is 60.6 Å². The first kappa shape index (κ1) is 32.3. The smallest absolute Gasteiger partial charge is 0.153 e. The van der Waals surface area contributed by atoms with Crippen molar-refractivity contribution in [3.05, 3.63) is 205 Å². The highest BCUT2D eigenvalue weighted by Crippen LogP contribution is 2.61. The van der Waals surface area contributed by atoms with Gasteiger partial charge in [0.1, 0.15) is 0 Å². The molecule has 0 N–H and O–H groups in total. The van der Waals surface area contributed by atoms with Gasteiger partial charge in [-0.25, -0.2) is 0 Å². The molecule has 0 bridgehead atoms. The third-order valence-corrected chi connectivity index (χ3v) is 11.8. The molecule has 11 rings (SSSR count). The second kappa shape index (κ2) is 12.5. The Kier molecular flexibility index (Phi) is 7.20. The molecule has 0 aliphatic carbocycles. The van der Waals surface area contributed by atoms with Crippen LogP contribution in [0.15, 0.2) is 194 Å². The molecule has 3 heteroatoms. The lowest BCUT2D eigenvalue weighted by Crippen LogP contribution is -2.32. The Bertz CT molecular complexity index is 2980. The third-order valence-electron chi connectivity index (χ3n) is 11.8. The van der Waals surface area contributed by atoms with E-state index in [0.29, 0.717) is 0 Å². The summed E-state index contributed by atoms with van der Waals surface area (Å²) in [7, 11) is 0. The van der Waals surface area contributed by atoms with Crippen LogP contribution in [-0.4, -0.2) is 0 Å². The van der Waals surface area contributed by atoms with Gasteiger partial charge in [-0.1, -0.05) is 147 Å². The molecule has 0 aromatic heterocycles. The largest absolute Gasteiger partial charge is 0.453 e. The summed E-state index contributed by atoms with van der Waals surface area (Å²) in [6.07, 6.45) is 0. The molecule has 2 heterocycles. The summed E-state index contributed by atoms with van der Waals surface area (Å²) in [5.74, 6) is 1.69. The number of anilines is 6. The fourth-order valence-electron chi connectivity index (χ4n) is 8.94. The summed E-state index contributed by atoms with van der Waals surface area (Å²) in [6, 6.07) is 70.2. The molecule has 2 aliphatic heterocycles. The molecule has 56 heavy (non-hydrogen) atoms. The van der Waals surface area contributed by atoms with E-state index >= 15 is 0 Å². The molecule has 266 valence electrons. The molecule has 2 aliphatic rings. The molecular formula is C53H38N2O. The van der Waals surface area contributed by atoms with Crippen molar-refractivity contribution < 1.29 is 4.74 Å². The van der Waals surface area contributed by atoms with Crippen molar-refractivity contribution >= 4 is 55.7 Å². The third kappa shape index (κ3) is 5.05. The van der Waals surface area contributed by atoms with Crippen LogP contribution in [0.25, 0.3) is 43.8 Å². The van der Waals surface area contributed by atoms with Crippen LogP contribution in [0.3, 0.4) is 0 Å². The molecule has 0 atom stereocenters. The molecule has 0 spiro atoms. The van der Waals surface area contributed by atoms with Crippen molar-refractivity contribution in [3.63, 3.8) is 0 Å². The van der Waals surface area contributed by atoms with Crippen LogP contribution in [0.1, 0.15) is 25.0 Å². The predicted octanol–water partition coefficient (Wildman–Crippen LogP) is 15.0. The van der Waals surface area contributed by atoms with Gasteiger partial charge in [0.2, 0.25) is 0 Å². The summed E-state index contributed by atoms with van der Waals surface area (Å²) in [5, 5.41) is 4.91. The lowest BCUT2D eigenvalue weighted by Gasteiger charge is -2.45. The van der Waals surface area contributed by atoms with Gasteiger partial charge in [-0.2, -0.15) is 0 Å². The van der Waals surface area contributed by atoms with Crippen molar-refractivity contribution in [1.82, 2.24) is 0 Å². The predicted molar refractivity (Wildman–Crippen MR) is 234 cm³/mol. The highest BCUT2D eigenvalue weighted by molar-refractivity contribution is 6.00. The van der Waals surface area contributed by atoms with Crippen LogP contribution in [0.4, 0.5) is 34.1 Å². The van der Waals surface area contributed by atoms with E-state index in [1.54, 1.807) is 0 Å². The van der Waals surface area contributed by atoms with Gasteiger partial charge in [-0.3, -0.25) is 0 Å².